The van der Waals surface area contributed by atoms with Gasteiger partial charge in [-0.3, -0.25) is 0 Å². The van der Waals surface area contributed by atoms with Gasteiger partial charge in [-0.15, -0.1) is 0 Å². The Labute approximate surface area is 102 Å². The van der Waals surface area contributed by atoms with Crippen molar-refractivity contribution in [3.05, 3.63) is 47.5 Å². The summed E-state index contributed by atoms with van der Waals surface area (Å²) >= 11 is 0. The number of rotatable bonds is 0. The van der Waals surface area contributed by atoms with Crippen LogP contribution in [-0.4, -0.2) is 0 Å². The van der Waals surface area contributed by atoms with Gasteiger partial charge in [-0.25, -0.2) is 0 Å². The molecule has 1 aromatic heterocycles. The lowest BCUT2D eigenvalue weighted by Gasteiger charge is -1.93. The van der Waals surface area contributed by atoms with E-state index in [-0.39, 0.29) is 0 Å². The maximum atomic E-state index is 5.76. The Bertz CT molecular complexity index is 591. The fraction of sp³-hybridized carbons (Fsp3) is 0.250. The molecule has 0 N–H and O–H groups in total. The molecule has 1 heterocycles. The van der Waals surface area contributed by atoms with E-state index in [0.717, 1.165) is 11.2 Å². The summed E-state index contributed by atoms with van der Waals surface area (Å²) in [6, 6.07) is 12.6. The molecule has 0 aliphatic rings. The third-order valence-electron chi connectivity index (χ3n) is 2.78. The highest BCUT2D eigenvalue weighted by molar-refractivity contribution is 6.05. The molecule has 0 saturated carbocycles. The van der Waals surface area contributed by atoms with Crippen LogP contribution < -0.4 is 0 Å². The highest BCUT2D eigenvalue weighted by Crippen LogP contribution is 2.29. The molecule has 2 aromatic carbocycles. The Hall–Kier alpha value is -1.76. The lowest BCUT2D eigenvalue weighted by Crippen LogP contribution is -1.72. The van der Waals surface area contributed by atoms with E-state index in [2.05, 4.69) is 38.1 Å². The number of hydrogen-bond acceptors (Lipinski definition) is 1. The average Bonchev–Trinajstić information content (AvgIpc) is 2.69. The van der Waals surface area contributed by atoms with Crippen LogP contribution in [0.4, 0.5) is 0 Å². The van der Waals surface area contributed by atoms with E-state index in [4.69, 9.17) is 4.42 Å². The maximum Gasteiger partial charge on any atom is 0.135 e. The van der Waals surface area contributed by atoms with Crippen LogP contribution in [0.1, 0.15) is 25.0 Å². The van der Waals surface area contributed by atoms with Crippen molar-refractivity contribution in [1.29, 1.82) is 0 Å². The molecule has 17 heavy (non-hydrogen) atoms. The summed E-state index contributed by atoms with van der Waals surface area (Å²) in [5, 5.41) is 2.43. The molecule has 0 fully saturated rings. The molecule has 0 unspecified atom stereocenters. The van der Waals surface area contributed by atoms with Gasteiger partial charge in [0.15, 0.2) is 0 Å². The second kappa shape index (κ2) is 4.62. The van der Waals surface area contributed by atoms with Gasteiger partial charge in [0.25, 0.3) is 0 Å². The second-order valence-corrected chi connectivity index (χ2v) is 4.10. The molecule has 0 bridgehead atoms. The van der Waals surface area contributed by atoms with Crippen molar-refractivity contribution >= 4 is 21.9 Å². The molecule has 1 heteroatoms. The zero-order valence-electron chi connectivity index (χ0n) is 10.9. The van der Waals surface area contributed by atoms with Crippen molar-refractivity contribution in [3.63, 3.8) is 0 Å². The Morgan fingerprint density at radius 1 is 0.706 bits per heavy atom. The van der Waals surface area contributed by atoms with Crippen LogP contribution in [0.2, 0.25) is 0 Å². The van der Waals surface area contributed by atoms with Gasteiger partial charge in [-0.05, 0) is 38.1 Å². The van der Waals surface area contributed by atoms with Crippen molar-refractivity contribution < 1.29 is 4.42 Å². The van der Waals surface area contributed by atoms with Crippen LogP contribution >= 0.6 is 0 Å². The molecule has 0 atom stereocenters. The molecule has 3 rings (SSSR count). The Balaban J connectivity index is 0.000000514. The van der Waals surface area contributed by atoms with Gasteiger partial charge in [-0.2, -0.15) is 0 Å². The van der Waals surface area contributed by atoms with Gasteiger partial charge in [0.1, 0.15) is 11.2 Å². The minimum absolute atomic E-state index is 0.973. The molecule has 0 saturated heterocycles. The monoisotopic (exact) mass is 226 g/mol. The van der Waals surface area contributed by atoms with Crippen LogP contribution in [0.15, 0.2) is 40.8 Å². The average molecular weight is 226 g/mol. The normalized spacial score (nSPS) is 10.4. The largest absolute Gasteiger partial charge is 0.456 e. The van der Waals surface area contributed by atoms with Crippen LogP contribution in [0, 0.1) is 13.8 Å². The minimum Gasteiger partial charge on any atom is -0.456 e. The van der Waals surface area contributed by atoms with E-state index >= 15 is 0 Å². The first-order valence-electron chi connectivity index (χ1n) is 6.13. The first-order valence-corrected chi connectivity index (χ1v) is 6.13. The number of aryl methyl sites for hydroxylation is 2. The Kier molecular flexibility index (Phi) is 3.19. The van der Waals surface area contributed by atoms with E-state index in [1.165, 1.54) is 21.9 Å². The van der Waals surface area contributed by atoms with Gasteiger partial charge in [0.2, 0.25) is 0 Å². The van der Waals surface area contributed by atoms with Crippen molar-refractivity contribution in [2.45, 2.75) is 27.7 Å². The molecule has 0 aliphatic carbocycles. The van der Waals surface area contributed by atoms with E-state index < -0.39 is 0 Å². The third kappa shape index (κ3) is 2.05. The topological polar surface area (TPSA) is 13.1 Å². The molecule has 1 nitrogen and oxygen atoms in total. The number of benzene rings is 2. The predicted molar refractivity (Wildman–Crippen MR) is 74.5 cm³/mol. The van der Waals surface area contributed by atoms with Gasteiger partial charge >= 0.3 is 0 Å². The fourth-order valence-electron chi connectivity index (χ4n) is 2.01. The molecule has 0 spiro atoms. The van der Waals surface area contributed by atoms with E-state index in [1.807, 2.05) is 26.0 Å². The summed E-state index contributed by atoms with van der Waals surface area (Å²) in [4.78, 5) is 0. The highest BCUT2D eigenvalue weighted by atomic mass is 16.3. The SMILES string of the molecule is CC.Cc1ccc2oc3ccc(C)cc3c2c1. The van der Waals surface area contributed by atoms with Gasteiger partial charge in [0, 0.05) is 10.8 Å². The van der Waals surface area contributed by atoms with Crippen LogP contribution in [0.3, 0.4) is 0 Å². The summed E-state index contributed by atoms with van der Waals surface area (Å²) < 4.78 is 5.76. The number of fused-ring (bicyclic) bond motifs is 3. The standard InChI is InChI=1S/C14H12O.C2H6/c1-9-3-5-13-11(7-9)12-8-10(2)4-6-14(12)15-13;1-2/h3-8H,1-2H3;1-2H3. The summed E-state index contributed by atoms with van der Waals surface area (Å²) in [5.41, 5.74) is 4.49. The minimum atomic E-state index is 0.973. The van der Waals surface area contributed by atoms with Crippen LogP contribution in [0.25, 0.3) is 21.9 Å². The highest BCUT2D eigenvalue weighted by Gasteiger charge is 2.06. The van der Waals surface area contributed by atoms with Crippen LogP contribution in [-0.2, 0) is 0 Å². The van der Waals surface area contributed by atoms with Gasteiger partial charge in [-0.1, -0.05) is 37.1 Å². The van der Waals surface area contributed by atoms with Crippen LogP contribution in [0.5, 0.6) is 0 Å². The maximum absolute atomic E-state index is 5.76. The van der Waals surface area contributed by atoms with Crippen molar-refractivity contribution in [2.24, 2.45) is 0 Å². The summed E-state index contributed by atoms with van der Waals surface area (Å²) in [5.74, 6) is 0. The van der Waals surface area contributed by atoms with Crippen molar-refractivity contribution in [3.8, 4) is 0 Å². The van der Waals surface area contributed by atoms with E-state index in [9.17, 15) is 0 Å². The Morgan fingerprint density at radius 2 is 1.12 bits per heavy atom. The number of hydrogen-bond donors (Lipinski definition) is 0. The molecule has 3 aromatic rings. The van der Waals surface area contributed by atoms with E-state index in [0.29, 0.717) is 0 Å². The lowest BCUT2D eigenvalue weighted by molar-refractivity contribution is 0.669. The summed E-state index contributed by atoms with van der Waals surface area (Å²) in [6.45, 7) is 8.21. The fourth-order valence-corrected chi connectivity index (χ4v) is 2.01. The number of furan rings is 1. The van der Waals surface area contributed by atoms with Crippen molar-refractivity contribution in [1.82, 2.24) is 0 Å². The zero-order valence-corrected chi connectivity index (χ0v) is 10.9. The first-order chi connectivity index (χ1) is 8.24. The summed E-state index contributed by atoms with van der Waals surface area (Å²) in [6.07, 6.45) is 0. The molecule has 0 radical (unpaired) electrons. The van der Waals surface area contributed by atoms with E-state index in [1.54, 1.807) is 0 Å². The third-order valence-corrected chi connectivity index (χ3v) is 2.78. The summed E-state index contributed by atoms with van der Waals surface area (Å²) in [7, 11) is 0. The molecular formula is C16H18O. The molecule has 0 aliphatic heterocycles. The predicted octanol–water partition coefficient (Wildman–Crippen LogP) is 5.23. The molecule has 88 valence electrons. The zero-order chi connectivity index (χ0) is 12.4. The van der Waals surface area contributed by atoms with Gasteiger partial charge < -0.3 is 4.42 Å². The van der Waals surface area contributed by atoms with Gasteiger partial charge in [0.05, 0.1) is 0 Å². The van der Waals surface area contributed by atoms with Crippen molar-refractivity contribution in [2.75, 3.05) is 0 Å². The first kappa shape index (κ1) is 11.7. The molecular weight excluding hydrogens is 208 g/mol. The molecule has 0 amide bonds. The Morgan fingerprint density at radius 3 is 1.53 bits per heavy atom. The quantitative estimate of drug-likeness (QED) is 0.511. The lowest BCUT2D eigenvalue weighted by atomic mass is 10.1. The smallest absolute Gasteiger partial charge is 0.135 e. The second-order valence-electron chi connectivity index (χ2n) is 4.10.